The first-order valence-corrected chi connectivity index (χ1v) is 8.72. The van der Waals surface area contributed by atoms with Gasteiger partial charge in [0, 0.05) is 6.92 Å². The monoisotopic (exact) mass is 385 g/mol. The topological polar surface area (TPSA) is 55.7 Å². The highest BCUT2D eigenvalue weighted by atomic mass is 79.9. The van der Waals surface area contributed by atoms with Crippen molar-refractivity contribution >= 4 is 61.0 Å². The quantitative estimate of drug-likeness (QED) is 0.445. The van der Waals surface area contributed by atoms with Gasteiger partial charge in [-0.25, -0.2) is 4.99 Å². The van der Waals surface area contributed by atoms with Gasteiger partial charge in [-0.15, -0.1) is 0 Å². The largest absolute Gasteiger partial charge is 0.426 e. The lowest BCUT2D eigenvalue weighted by atomic mass is 10.2. The Kier molecular flexibility index (Phi) is 5.66. The molecule has 2 rings (SSSR count). The molecule has 1 aromatic carbocycles. The molecule has 0 bridgehead atoms. The Balaban J connectivity index is 2.23. The lowest BCUT2D eigenvalue weighted by molar-refractivity contribution is -0.131. The third-order valence-electron chi connectivity index (χ3n) is 2.38. The molecular formula is C14H12BrNO3S2. The first-order chi connectivity index (χ1) is 9.99. The molecule has 110 valence electrons. The zero-order valence-corrected chi connectivity index (χ0v) is 14.6. The molecule has 0 saturated heterocycles. The molecule has 1 heterocycles. The number of esters is 1. The molecule has 0 aliphatic carbocycles. The number of benzene rings is 1. The average molecular weight is 386 g/mol. The standard InChI is InChI=1S/C14H12BrNO3S2/c1-3-20-14-16-11(13(18)21-14)7-9-4-5-12(10(15)6-9)19-8(2)17/h4-7H,3H2,1-2H3/b11-7-. The van der Waals surface area contributed by atoms with E-state index in [0.717, 1.165) is 27.5 Å². The Labute approximate surface area is 139 Å². The van der Waals surface area contributed by atoms with E-state index >= 15 is 0 Å². The van der Waals surface area contributed by atoms with Gasteiger partial charge >= 0.3 is 5.97 Å². The SMILES string of the molecule is CCSC1=N/C(=C\c2ccc(OC(C)=O)c(Br)c2)C(=O)S1. The number of rotatable bonds is 3. The van der Waals surface area contributed by atoms with Crippen molar-refractivity contribution in [3.05, 3.63) is 33.9 Å². The van der Waals surface area contributed by atoms with Crippen molar-refractivity contribution in [2.45, 2.75) is 13.8 Å². The van der Waals surface area contributed by atoms with Crippen LogP contribution in [0.1, 0.15) is 19.4 Å². The number of ether oxygens (including phenoxy) is 1. The van der Waals surface area contributed by atoms with Crippen molar-refractivity contribution in [2.24, 2.45) is 4.99 Å². The van der Waals surface area contributed by atoms with Crippen LogP contribution in [0.25, 0.3) is 6.08 Å². The van der Waals surface area contributed by atoms with Crippen LogP contribution in [0.4, 0.5) is 0 Å². The molecule has 0 fully saturated rings. The van der Waals surface area contributed by atoms with Crippen LogP contribution in [0, 0.1) is 0 Å². The molecule has 0 radical (unpaired) electrons. The number of nitrogens with zero attached hydrogens (tertiary/aromatic N) is 1. The van der Waals surface area contributed by atoms with Gasteiger partial charge < -0.3 is 4.74 Å². The van der Waals surface area contributed by atoms with Crippen LogP contribution >= 0.6 is 39.5 Å². The summed E-state index contributed by atoms with van der Waals surface area (Å²) < 4.78 is 6.46. The number of thioether (sulfide) groups is 2. The predicted octanol–water partition coefficient (Wildman–Crippen LogP) is 4.10. The average Bonchev–Trinajstić information content (AvgIpc) is 2.73. The highest BCUT2D eigenvalue weighted by Crippen LogP contribution is 2.32. The van der Waals surface area contributed by atoms with Crippen LogP contribution < -0.4 is 4.74 Å². The molecule has 0 atom stereocenters. The Hall–Kier alpha value is -1.05. The smallest absolute Gasteiger partial charge is 0.308 e. The zero-order chi connectivity index (χ0) is 15.4. The molecule has 21 heavy (non-hydrogen) atoms. The molecule has 0 unspecified atom stereocenters. The summed E-state index contributed by atoms with van der Waals surface area (Å²) in [7, 11) is 0. The van der Waals surface area contributed by atoms with Crippen LogP contribution in [-0.2, 0) is 9.59 Å². The normalized spacial score (nSPS) is 16.2. The molecule has 0 spiro atoms. The fourth-order valence-electron chi connectivity index (χ4n) is 1.58. The zero-order valence-electron chi connectivity index (χ0n) is 11.4. The Morgan fingerprint density at radius 1 is 1.52 bits per heavy atom. The first-order valence-electron chi connectivity index (χ1n) is 6.13. The van der Waals surface area contributed by atoms with Gasteiger partial charge in [-0.2, -0.15) is 0 Å². The van der Waals surface area contributed by atoms with E-state index in [2.05, 4.69) is 20.9 Å². The number of carbonyl (C=O) groups excluding carboxylic acids is 2. The van der Waals surface area contributed by atoms with Crippen molar-refractivity contribution in [1.82, 2.24) is 0 Å². The van der Waals surface area contributed by atoms with Gasteiger partial charge in [-0.3, -0.25) is 9.59 Å². The molecule has 7 heteroatoms. The van der Waals surface area contributed by atoms with Crippen molar-refractivity contribution in [3.63, 3.8) is 0 Å². The fourth-order valence-corrected chi connectivity index (χ4v) is 3.79. The molecule has 0 amide bonds. The lowest BCUT2D eigenvalue weighted by Gasteiger charge is -2.04. The summed E-state index contributed by atoms with van der Waals surface area (Å²) in [5.74, 6) is 0.951. The molecular weight excluding hydrogens is 374 g/mol. The maximum absolute atomic E-state index is 11.8. The molecule has 0 N–H and O–H groups in total. The Morgan fingerprint density at radius 3 is 2.90 bits per heavy atom. The van der Waals surface area contributed by atoms with Gasteiger partial charge in [-0.1, -0.05) is 24.8 Å². The minimum absolute atomic E-state index is 0.0499. The van der Waals surface area contributed by atoms with E-state index in [1.165, 1.54) is 6.92 Å². The highest BCUT2D eigenvalue weighted by molar-refractivity contribution is 9.10. The molecule has 4 nitrogen and oxygen atoms in total. The van der Waals surface area contributed by atoms with Gasteiger partial charge in [-0.05, 0) is 57.2 Å². The maximum atomic E-state index is 11.8. The van der Waals surface area contributed by atoms with Crippen LogP contribution in [0.5, 0.6) is 5.75 Å². The third-order valence-corrected chi connectivity index (χ3v) is 4.89. The predicted molar refractivity (Wildman–Crippen MR) is 91.6 cm³/mol. The Morgan fingerprint density at radius 2 is 2.29 bits per heavy atom. The van der Waals surface area contributed by atoms with Crippen molar-refractivity contribution < 1.29 is 14.3 Å². The molecule has 0 saturated carbocycles. The van der Waals surface area contributed by atoms with E-state index in [4.69, 9.17) is 4.74 Å². The van der Waals surface area contributed by atoms with Crippen LogP contribution in [-0.4, -0.2) is 21.2 Å². The lowest BCUT2D eigenvalue weighted by Crippen LogP contribution is -2.01. The second-order valence-corrected chi connectivity index (χ2v) is 7.34. The summed E-state index contributed by atoms with van der Waals surface area (Å²) >= 11 is 6.05. The van der Waals surface area contributed by atoms with E-state index in [1.807, 2.05) is 6.92 Å². The minimum Gasteiger partial charge on any atom is -0.426 e. The number of hydrogen-bond acceptors (Lipinski definition) is 6. The van der Waals surface area contributed by atoms with Gasteiger partial charge in [0.2, 0.25) is 5.12 Å². The molecule has 1 aliphatic heterocycles. The van der Waals surface area contributed by atoms with Crippen LogP contribution in [0.2, 0.25) is 0 Å². The van der Waals surface area contributed by atoms with Gasteiger partial charge in [0.05, 0.1) is 4.47 Å². The van der Waals surface area contributed by atoms with Crippen molar-refractivity contribution in [1.29, 1.82) is 0 Å². The van der Waals surface area contributed by atoms with Gasteiger partial charge in [0.15, 0.2) is 0 Å². The summed E-state index contributed by atoms with van der Waals surface area (Å²) in [5, 5.41) is -0.0499. The molecule has 0 aromatic heterocycles. The van der Waals surface area contributed by atoms with E-state index in [0.29, 0.717) is 15.9 Å². The highest BCUT2D eigenvalue weighted by Gasteiger charge is 2.21. The minimum atomic E-state index is -0.380. The second kappa shape index (κ2) is 7.29. The summed E-state index contributed by atoms with van der Waals surface area (Å²) in [6.07, 6.45) is 1.72. The number of aliphatic imine (C=N–C) groups is 1. The number of hydrogen-bond donors (Lipinski definition) is 0. The van der Waals surface area contributed by atoms with E-state index in [1.54, 1.807) is 36.0 Å². The van der Waals surface area contributed by atoms with E-state index < -0.39 is 0 Å². The van der Waals surface area contributed by atoms with Crippen molar-refractivity contribution in [2.75, 3.05) is 5.75 Å². The summed E-state index contributed by atoms with van der Waals surface area (Å²) in [5.41, 5.74) is 1.25. The number of carbonyl (C=O) groups is 2. The van der Waals surface area contributed by atoms with Gasteiger partial charge in [0.25, 0.3) is 0 Å². The van der Waals surface area contributed by atoms with Crippen molar-refractivity contribution in [3.8, 4) is 5.75 Å². The molecule has 1 aliphatic rings. The van der Waals surface area contributed by atoms with Gasteiger partial charge in [0.1, 0.15) is 15.8 Å². The number of halogens is 1. The summed E-state index contributed by atoms with van der Waals surface area (Å²) in [6.45, 7) is 3.36. The van der Waals surface area contributed by atoms with Crippen LogP contribution in [0.15, 0.2) is 33.4 Å². The summed E-state index contributed by atoms with van der Waals surface area (Å²) in [4.78, 5) is 27.1. The Bertz CT molecular complexity index is 656. The van der Waals surface area contributed by atoms with E-state index in [9.17, 15) is 9.59 Å². The van der Waals surface area contributed by atoms with Crippen LogP contribution in [0.3, 0.4) is 0 Å². The maximum Gasteiger partial charge on any atom is 0.308 e. The third kappa shape index (κ3) is 4.46. The second-order valence-electron chi connectivity index (χ2n) is 4.01. The first kappa shape index (κ1) is 16.3. The fraction of sp³-hybridized carbons (Fsp3) is 0.214. The summed E-state index contributed by atoms with van der Waals surface area (Å²) in [6, 6.07) is 5.23. The van der Waals surface area contributed by atoms with E-state index in [-0.39, 0.29) is 11.1 Å². The molecule has 1 aromatic rings.